The van der Waals surface area contributed by atoms with Gasteiger partial charge in [-0.2, -0.15) is 0 Å². The quantitative estimate of drug-likeness (QED) is 0.627. The van der Waals surface area contributed by atoms with Crippen LogP contribution in [-0.4, -0.2) is 59.0 Å². The molecule has 0 aliphatic carbocycles. The Balaban J connectivity index is 1.92. The molecule has 2 aliphatic rings. The van der Waals surface area contributed by atoms with E-state index < -0.39 is 16.7 Å². The molecule has 0 radical (unpaired) electrons. The van der Waals surface area contributed by atoms with E-state index in [1.165, 1.54) is 0 Å². The van der Waals surface area contributed by atoms with E-state index in [-0.39, 0.29) is 6.09 Å². The highest BCUT2D eigenvalue weighted by atomic mass is 16.6. The third-order valence-corrected chi connectivity index (χ3v) is 3.96. The van der Waals surface area contributed by atoms with Gasteiger partial charge >= 0.3 is 6.09 Å². The summed E-state index contributed by atoms with van der Waals surface area (Å²) in [7, 11) is 0. The second-order valence-corrected chi connectivity index (χ2v) is 6.77. The number of nitrogens with zero attached hydrogens (tertiary/aromatic N) is 1. The molecule has 2 fully saturated rings. The lowest BCUT2D eigenvalue weighted by Crippen LogP contribution is -2.79. The highest BCUT2D eigenvalue weighted by Gasteiger charge is 2.56. The standard InChI is InChI=1S/C13H25N3O3/c1-11(2,3)19-10(17)16-8-12(14,9-16)13(18)4-6-15-7-5-13/h15,18H,4-9,14H2,1-3H3. The highest BCUT2D eigenvalue weighted by Crippen LogP contribution is 2.36. The third kappa shape index (κ3) is 2.85. The zero-order valence-corrected chi connectivity index (χ0v) is 12.0. The molecule has 0 unspecified atom stereocenters. The minimum absolute atomic E-state index is 0.355. The second kappa shape index (κ2) is 4.61. The molecule has 0 aromatic carbocycles. The van der Waals surface area contributed by atoms with Gasteiger partial charge in [-0.1, -0.05) is 0 Å². The van der Waals surface area contributed by atoms with Gasteiger partial charge in [0.1, 0.15) is 5.60 Å². The van der Waals surface area contributed by atoms with Gasteiger partial charge in [-0.05, 0) is 46.7 Å². The molecule has 0 atom stereocenters. The molecule has 4 N–H and O–H groups in total. The van der Waals surface area contributed by atoms with Crippen molar-refractivity contribution in [3.8, 4) is 0 Å². The first-order valence-electron chi connectivity index (χ1n) is 6.85. The average molecular weight is 271 g/mol. The summed E-state index contributed by atoms with van der Waals surface area (Å²) in [5, 5.41) is 13.8. The maximum Gasteiger partial charge on any atom is 0.410 e. The van der Waals surface area contributed by atoms with Crippen molar-refractivity contribution in [2.75, 3.05) is 26.2 Å². The molecule has 2 saturated heterocycles. The number of hydrogen-bond donors (Lipinski definition) is 3. The van der Waals surface area contributed by atoms with Crippen LogP contribution in [0.5, 0.6) is 0 Å². The van der Waals surface area contributed by atoms with Crippen LogP contribution in [0, 0.1) is 0 Å². The summed E-state index contributed by atoms with van der Waals surface area (Å²) in [5.74, 6) is 0. The molecule has 2 rings (SSSR count). The van der Waals surface area contributed by atoms with Gasteiger partial charge in [0.25, 0.3) is 0 Å². The predicted octanol–water partition coefficient (Wildman–Crippen LogP) is 0.0491. The lowest BCUT2D eigenvalue weighted by Gasteiger charge is -2.56. The molecular weight excluding hydrogens is 246 g/mol. The van der Waals surface area contributed by atoms with Crippen LogP contribution in [0.2, 0.25) is 0 Å². The summed E-state index contributed by atoms with van der Waals surface area (Å²) in [5.41, 5.74) is 4.19. The fourth-order valence-corrected chi connectivity index (χ4v) is 2.72. The second-order valence-electron chi connectivity index (χ2n) is 6.77. The Kier molecular flexibility index (Phi) is 3.53. The third-order valence-electron chi connectivity index (χ3n) is 3.96. The first-order valence-corrected chi connectivity index (χ1v) is 6.85. The first-order chi connectivity index (χ1) is 8.65. The molecule has 1 amide bonds. The Bertz CT molecular complexity index is 353. The van der Waals surface area contributed by atoms with Gasteiger partial charge in [0.2, 0.25) is 0 Å². The molecule has 2 aliphatic heterocycles. The van der Waals surface area contributed by atoms with Gasteiger partial charge in [0.15, 0.2) is 0 Å². The fraction of sp³-hybridized carbons (Fsp3) is 0.923. The van der Waals surface area contributed by atoms with Crippen LogP contribution >= 0.6 is 0 Å². The van der Waals surface area contributed by atoms with E-state index in [1.54, 1.807) is 4.90 Å². The van der Waals surface area contributed by atoms with Crippen LogP contribution in [0.15, 0.2) is 0 Å². The summed E-state index contributed by atoms with van der Waals surface area (Å²) in [4.78, 5) is 13.4. The molecule has 6 nitrogen and oxygen atoms in total. The number of rotatable bonds is 1. The van der Waals surface area contributed by atoms with Crippen molar-refractivity contribution in [2.45, 2.75) is 50.4 Å². The van der Waals surface area contributed by atoms with E-state index in [0.29, 0.717) is 25.9 Å². The highest BCUT2D eigenvalue weighted by molar-refractivity contribution is 5.70. The minimum Gasteiger partial charge on any atom is -0.444 e. The van der Waals surface area contributed by atoms with E-state index in [1.807, 2.05) is 20.8 Å². The predicted molar refractivity (Wildman–Crippen MR) is 71.8 cm³/mol. The molecule has 0 aromatic heterocycles. The van der Waals surface area contributed by atoms with Crippen molar-refractivity contribution in [1.29, 1.82) is 0 Å². The Morgan fingerprint density at radius 3 is 2.32 bits per heavy atom. The number of amides is 1. The number of nitrogens with two attached hydrogens (primary N) is 1. The van der Waals surface area contributed by atoms with Crippen molar-refractivity contribution in [3.63, 3.8) is 0 Å². The number of likely N-dealkylation sites (tertiary alicyclic amines) is 1. The monoisotopic (exact) mass is 271 g/mol. The van der Waals surface area contributed by atoms with E-state index in [4.69, 9.17) is 10.5 Å². The number of aliphatic hydroxyl groups is 1. The number of carbonyl (C=O) groups excluding carboxylic acids is 1. The molecule has 0 bridgehead atoms. The molecule has 6 heteroatoms. The molecule has 0 saturated carbocycles. The molecular formula is C13H25N3O3. The number of piperidine rings is 1. The zero-order valence-electron chi connectivity index (χ0n) is 12.0. The maximum absolute atomic E-state index is 11.9. The molecule has 0 spiro atoms. The van der Waals surface area contributed by atoms with Crippen LogP contribution in [0.25, 0.3) is 0 Å². The molecule has 19 heavy (non-hydrogen) atoms. The van der Waals surface area contributed by atoms with E-state index in [0.717, 1.165) is 13.1 Å². The first kappa shape index (κ1) is 14.6. The van der Waals surface area contributed by atoms with Crippen LogP contribution in [0.3, 0.4) is 0 Å². The molecule has 2 heterocycles. The number of nitrogens with one attached hydrogen (secondary N) is 1. The van der Waals surface area contributed by atoms with E-state index in [9.17, 15) is 9.90 Å². The summed E-state index contributed by atoms with van der Waals surface area (Å²) < 4.78 is 5.29. The summed E-state index contributed by atoms with van der Waals surface area (Å²) in [6.07, 6.45) is 0.906. The maximum atomic E-state index is 11.9. The van der Waals surface area contributed by atoms with E-state index >= 15 is 0 Å². The normalized spacial score (nSPS) is 25.6. The molecule has 0 aromatic rings. The van der Waals surface area contributed by atoms with Crippen molar-refractivity contribution < 1.29 is 14.6 Å². The average Bonchev–Trinajstić information content (AvgIpc) is 2.23. The van der Waals surface area contributed by atoms with Crippen LogP contribution in [0.1, 0.15) is 33.6 Å². The van der Waals surface area contributed by atoms with Crippen molar-refractivity contribution in [3.05, 3.63) is 0 Å². The Hall–Kier alpha value is -0.850. The minimum atomic E-state index is -0.878. The van der Waals surface area contributed by atoms with Crippen molar-refractivity contribution >= 4 is 6.09 Å². The zero-order chi connectivity index (χ0) is 14.3. The summed E-state index contributed by atoms with van der Waals surface area (Å²) in [6.45, 7) is 7.75. The largest absolute Gasteiger partial charge is 0.444 e. The van der Waals surface area contributed by atoms with Gasteiger partial charge in [-0.15, -0.1) is 0 Å². The van der Waals surface area contributed by atoms with Gasteiger partial charge in [-0.3, -0.25) is 0 Å². The summed E-state index contributed by atoms with van der Waals surface area (Å²) in [6, 6.07) is 0. The Morgan fingerprint density at radius 2 is 1.84 bits per heavy atom. The fourth-order valence-electron chi connectivity index (χ4n) is 2.72. The van der Waals surface area contributed by atoms with Crippen molar-refractivity contribution in [1.82, 2.24) is 10.2 Å². The van der Waals surface area contributed by atoms with Gasteiger partial charge in [-0.25, -0.2) is 4.79 Å². The van der Waals surface area contributed by atoms with Gasteiger partial charge in [0.05, 0.1) is 11.1 Å². The van der Waals surface area contributed by atoms with Crippen LogP contribution in [0.4, 0.5) is 4.79 Å². The van der Waals surface area contributed by atoms with Gasteiger partial charge < -0.3 is 25.8 Å². The lowest BCUT2D eigenvalue weighted by atomic mass is 9.70. The Morgan fingerprint density at radius 1 is 1.32 bits per heavy atom. The van der Waals surface area contributed by atoms with E-state index in [2.05, 4.69) is 5.32 Å². The Labute approximate surface area is 114 Å². The van der Waals surface area contributed by atoms with Crippen molar-refractivity contribution in [2.24, 2.45) is 5.73 Å². The summed E-state index contributed by atoms with van der Waals surface area (Å²) >= 11 is 0. The lowest BCUT2D eigenvalue weighted by molar-refractivity contribution is -0.118. The number of ether oxygens (including phenoxy) is 1. The smallest absolute Gasteiger partial charge is 0.410 e. The van der Waals surface area contributed by atoms with Crippen LogP contribution < -0.4 is 11.1 Å². The molecule has 110 valence electrons. The topological polar surface area (TPSA) is 87.8 Å². The van der Waals surface area contributed by atoms with Crippen LogP contribution in [-0.2, 0) is 4.74 Å². The van der Waals surface area contributed by atoms with Gasteiger partial charge in [0, 0.05) is 13.1 Å². The SMILES string of the molecule is CC(C)(C)OC(=O)N1CC(N)(C2(O)CCNCC2)C1. The number of carbonyl (C=O) groups is 1. The number of hydrogen-bond acceptors (Lipinski definition) is 5.